The first-order valence-electron chi connectivity index (χ1n) is 5.61. The van der Waals surface area contributed by atoms with Gasteiger partial charge in [0.1, 0.15) is 11.3 Å². The van der Waals surface area contributed by atoms with Gasteiger partial charge in [-0.1, -0.05) is 0 Å². The van der Waals surface area contributed by atoms with Crippen LogP contribution in [0.4, 0.5) is 0 Å². The lowest BCUT2D eigenvalue weighted by Gasteiger charge is -2.32. The number of hydrogen-bond donors (Lipinski definition) is 1. The molecule has 0 spiro atoms. The quantitative estimate of drug-likeness (QED) is 0.832. The number of aliphatic hydroxyl groups is 1. The van der Waals surface area contributed by atoms with E-state index >= 15 is 0 Å². The van der Waals surface area contributed by atoms with E-state index in [1.54, 1.807) is 18.0 Å². The zero-order valence-electron chi connectivity index (χ0n) is 9.77. The van der Waals surface area contributed by atoms with Crippen molar-refractivity contribution in [1.82, 2.24) is 9.78 Å². The average molecular weight is 226 g/mol. The van der Waals surface area contributed by atoms with Gasteiger partial charge in [0.15, 0.2) is 5.75 Å². The molecule has 0 saturated carbocycles. The normalized spacial score (nSPS) is 25.7. The van der Waals surface area contributed by atoms with Crippen molar-refractivity contribution in [3.05, 3.63) is 11.9 Å². The van der Waals surface area contributed by atoms with Gasteiger partial charge in [-0.05, 0) is 19.8 Å². The molecule has 2 rings (SSSR count). The van der Waals surface area contributed by atoms with Crippen LogP contribution in [0, 0.1) is 0 Å². The third-order valence-electron chi connectivity index (χ3n) is 2.99. The highest BCUT2D eigenvalue weighted by Crippen LogP contribution is 2.35. The fourth-order valence-corrected chi connectivity index (χ4v) is 2.19. The highest BCUT2D eigenvalue weighted by molar-refractivity contribution is 5.31. The number of aromatic nitrogens is 2. The number of methoxy groups -OCH3 is 1. The van der Waals surface area contributed by atoms with Crippen molar-refractivity contribution in [2.24, 2.45) is 0 Å². The minimum atomic E-state index is -0.962. The van der Waals surface area contributed by atoms with E-state index in [9.17, 15) is 5.11 Å². The smallest absolute Gasteiger partial charge is 0.163 e. The third-order valence-corrected chi connectivity index (χ3v) is 2.99. The Morgan fingerprint density at radius 3 is 3.06 bits per heavy atom. The number of ether oxygens (including phenoxy) is 2. The van der Waals surface area contributed by atoms with Crippen molar-refractivity contribution in [2.45, 2.75) is 31.9 Å². The van der Waals surface area contributed by atoms with E-state index in [2.05, 4.69) is 5.10 Å². The largest absolute Gasteiger partial charge is 0.493 e. The predicted molar refractivity (Wildman–Crippen MR) is 58.4 cm³/mol. The summed E-state index contributed by atoms with van der Waals surface area (Å²) in [6, 6.07) is 0. The van der Waals surface area contributed by atoms with E-state index in [1.807, 2.05) is 6.92 Å². The van der Waals surface area contributed by atoms with E-state index in [0.717, 1.165) is 12.1 Å². The first kappa shape index (κ1) is 11.4. The van der Waals surface area contributed by atoms with E-state index < -0.39 is 5.60 Å². The number of aryl methyl sites for hydroxylation is 1. The van der Waals surface area contributed by atoms with Gasteiger partial charge < -0.3 is 14.6 Å². The van der Waals surface area contributed by atoms with Crippen molar-refractivity contribution in [1.29, 1.82) is 0 Å². The molecule has 0 aliphatic carbocycles. The van der Waals surface area contributed by atoms with Crippen LogP contribution >= 0.6 is 0 Å². The molecule has 0 radical (unpaired) electrons. The Balaban J connectivity index is 2.39. The molecular formula is C11H18N2O3. The van der Waals surface area contributed by atoms with Crippen LogP contribution in [0.25, 0.3) is 0 Å². The molecule has 1 aromatic rings. The lowest BCUT2D eigenvalue weighted by atomic mass is 9.92. The van der Waals surface area contributed by atoms with Crippen LogP contribution in [0.5, 0.6) is 5.75 Å². The number of hydrogen-bond acceptors (Lipinski definition) is 4. The number of rotatable bonds is 3. The molecule has 90 valence electrons. The minimum Gasteiger partial charge on any atom is -0.493 e. The molecule has 1 aliphatic rings. The second-order valence-electron chi connectivity index (χ2n) is 4.07. The average Bonchev–Trinajstić information content (AvgIpc) is 2.73. The van der Waals surface area contributed by atoms with Crippen molar-refractivity contribution >= 4 is 0 Å². The van der Waals surface area contributed by atoms with Gasteiger partial charge in [-0.25, -0.2) is 0 Å². The molecule has 1 unspecified atom stereocenters. The zero-order chi connectivity index (χ0) is 11.6. The molecule has 1 aliphatic heterocycles. The Bertz CT molecular complexity index is 335. The second-order valence-corrected chi connectivity index (χ2v) is 4.07. The molecule has 1 saturated heterocycles. The summed E-state index contributed by atoms with van der Waals surface area (Å²) in [6.07, 6.45) is 3.19. The van der Waals surface area contributed by atoms with Gasteiger partial charge in [-0.15, -0.1) is 0 Å². The molecule has 0 bridgehead atoms. The van der Waals surface area contributed by atoms with Crippen LogP contribution in [0.1, 0.15) is 25.5 Å². The van der Waals surface area contributed by atoms with E-state index in [4.69, 9.17) is 9.47 Å². The maximum Gasteiger partial charge on any atom is 0.163 e. The van der Waals surface area contributed by atoms with E-state index in [1.165, 1.54) is 0 Å². The summed E-state index contributed by atoms with van der Waals surface area (Å²) in [5, 5.41) is 14.8. The van der Waals surface area contributed by atoms with Crippen molar-refractivity contribution in [2.75, 3.05) is 20.3 Å². The molecule has 5 nitrogen and oxygen atoms in total. The maximum absolute atomic E-state index is 10.6. The Morgan fingerprint density at radius 2 is 2.50 bits per heavy atom. The molecule has 0 aromatic carbocycles. The van der Waals surface area contributed by atoms with Gasteiger partial charge in [0, 0.05) is 13.2 Å². The Labute approximate surface area is 95.0 Å². The summed E-state index contributed by atoms with van der Waals surface area (Å²) in [5.74, 6) is 0.634. The van der Waals surface area contributed by atoms with Crippen molar-refractivity contribution in [3.8, 4) is 5.75 Å². The van der Waals surface area contributed by atoms with Gasteiger partial charge in [-0.2, -0.15) is 5.10 Å². The fourth-order valence-electron chi connectivity index (χ4n) is 2.19. The Kier molecular flexibility index (Phi) is 3.16. The molecule has 1 fully saturated rings. The highest BCUT2D eigenvalue weighted by atomic mass is 16.5. The van der Waals surface area contributed by atoms with Crippen molar-refractivity contribution in [3.63, 3.8) is 0 Å². The summed E-state index contributed by atoms with van der Waals surface area (Å²) in [6.45, 7) is 3.73. The first-order chi connectivity index (χ1) is 7.71. The summed E-state index contributed by atoms with van der Waals surface area (Å²) in [4.78, 5) is 0. The van der Waals surface area contributed by atoms with Gasteiger partial charge >= 0.3 is 0 Å². The molecule has 5 heteroatoms. The van der Waals surface area contributed by atoms with Crippen LogP contribution in [0.3, 0.4) is 0 Å². The lowest BCUT2D eigenvalue weighted by Crippen LogP contribution is -2.38. The van der Waals surface area contributed by atoms with Gasteiger partial charge in [-0.3, -0.25) is 4.68 Å². The predicted octanol–water partition coefficient (Wildman–Crippen LogP) is 0.910. The molecule has 1 N–H and O–H groups in total. The molecule has 16 heavy (non-hydrogen) atoms. The zero-order valence-corrected chi connectivity index (χ0v) is 9.77. The summed E-state index contributed by atoms with van der Waals surface area (Å²) >= 11 is 0. The number of nitrogens with zero attached hydrogens (tertiary/aromatic N) is 2. The standard InChI is InChI=1S/C11H18N2O3/c1-3-13-10(9(15-2)7-12-13)11(14)5-4-6-16-8-11/h7,14H,3-6,8H2,1-2H3. The molecule has 2 heterocycles. The van der Waals surface area contributed by atoms with Crippen LogP contribution in [0.15, 0.2) is 6.20 Å². The van der Waals surface area contributed by atoms with E-state index in [0.29, 0.717) is 31.9 Å². The molecule has 0 amide bonds. The lowest BCUT2D eigenvalue weighted by molar-refractivity contribution is -0.0960. The maximum atomic E-state index is 10.6. The molecule has 1 aromatic heterocycles. The molecular weight excluding hydrogens is 208 g/mol. The van der Waals surface area contributed by atoms with Crippen LogP contribution < -0.4 is 4.74 Å². The molecule has 1 atom stereocenters. The second kappa shape index (κ2) is 4.43. The van der Waals surface area contributed by atoms with Crippen molar-refractivity contribution < 1.29 is 14.6 Å². The topological polar surface area (TPSA) is 56.5 Å². The monoisotopic (exact) mass is 226 g/mol. The van der Waals surface area contributed by atoms with Gasteiger partial charge in [0.05, 0.1) is 19.9 Å². The SMILES string of the molecule is CCn1ncc(OC)c1C1(O)CCCOC1. The fraction of sp³-hybridized carbons (Fsp3) is 0.727. The summed E-state index contributed by atoms with van der Waals surface area (Å²) < 4.78 is 12.4. The van der Waals surface area contributed by atoms with Gasteiger partial charge in [0.2, 0.25) is 0 Å². The first-order valence-corrected chi connectivity index (χ1v) is 5.61. The Morgan fingerprint density at radius 1 is 1.69 bits per heavy atom. The van der Waals surface area contributed by atoms with Gasteiger partial charge in [0.25, 0.3) is 0 Å². The van der Waals surface area contributed by atoms with Crippen LogP contribution in [-0.4, -0.2) is 35.2 Å². The van der Waals surface area contributed by atoms with Crippen LogP contribution in [-0.2, 0) is 16.9 Å². The summed E-state index contributed by atoms with van der Waals surface area (Å²) in [7, 11) is 1.59. The Hall–Kier alpha value is -1.07. The third kappa shape index (κ3) is 1.81. The van der Waals surface area contributed by atoms with E-state index in [-0.39, 0.29) is 0 Å². The summed E-state index contributed by atoms with van der Waals surface area (Å²) in [5.41, 5.74) is -0.229. The van der Waals surface area contributed by atoms with Crippen LogP contribution in [0.2, 0.25) is 0 Å². The minimum absolute atomic E-state index is 0.315. The highest BCUT2D eigenvalue weighted by Gasteiger charge is 2.38.